The summed E-state index contributed by atoms with van der Waals surface area (Å²) in [5.74, 6) is -0.0599. The molecule has 0 saturated heterocycles. The molecule has 0 aliphatic heterocycles. The summed E-state index contributed by atoms with van der Waals surface area (Å²) in [5.41, 5.74) is 2.05. The molecule has 0 radical (unpaired) electrons. The van der Waals surface area contributed by atoms with E-state index < -0.39 is 11.5 Å². The molecule has 3 rings (SSSR count). The number of nitrogens with one attached hydrogen (secondary N) is 1. The van der Waals surface area contributed by atoms with E-state index in [9.17, 15) is 9.59 Å². The Morgan fingerprint density at radius 3 is 2.70 bits per heavy atom. The van der Waals surface area contributed by atoms with E-state index in [1.54, 1.807) is 43.8 Å². The zero-order chi connectivity index (χ0) is 19.4. The summed E-state index contributed by atoms with van der Waals surface area (Å²) in [4.78, 5) is 38.0. The van der Waals surface area contributed by atoms with Crippen LogP contribution in [0, 0.1) is 13.8 Å². The van der Waals surface area contributed by atoms with Crippen LogP contribution < -0.4 is 15.6 Å². The number of rotatable bonds is 5. The van der Waals surface area contributed by atoms with Gasteiger partial charge in [-0.1, -0.05) is 0 Å². The second-order valence-electron chi connectivity index (χ2n) is 5.99. The molecule has 0 saturated carbocycles. The maximum absolute atomic E-state index is 12.9. The summed E-state index contributed by atoms with van der Waals surface area (Å²) in [6.07, 6.45) is 7.91. The minimum Gasteiger partial charge on any atom is -0.494 e. The Kier molecular flexibility index (Phi) is 5.25. The molecule has 0 fully saturated rings. The predicted molar refractivity (Wildman–Crippen MR) is 100 cm³/mol. The van der Waals surface area contributed by atoms with E-state index in [2.05, 4.69) is 20.3 Å². The standard InChI is InChI=1S/C19H19N5O3/c1-12-5-7-24(11-14-9-21-13(2)8-22-14)19(26)17(12)18(25)23-15-10-20-6-4-16(15)27-3/h4-10H,11H2,1-3H3,(H,23,25). The van der Waals surface area contributed by atoms with Crippen molar-refractivity contribution in [1.29, 1.82) is 0 Å². The minimum atomic E-state index is -0.520. The van der Waals surface area contributed by atoms with Crippen LogP contribution in [0.25, 0.3) is 0 Å². The van der Waals surface area contributed by atoms with E-state index in [1.165, 1.54) is 17.9 Å². The van der Waals surface area contributed by atoms with Gasteiger partial charge in [0.2, 0.25) is 0 Å². The Morgan fingerprint density at radius 2 is 2.00 bits per heavy atom. The molecule has 3 aromatic heterocycles. The summed E-state index contributed by atoms with van der Waals surface area (Å²) >= 11 is 0. The fourth-order valence-electron chi connectivity index (χ4n) is 2.58. The molecule has 8 nitrogen and oxygen atoms in total. The van der Waals surface area contributed by atoms with Gasteiger partial charge in [-0.2, -0.15) is 0 Å². The molecule has 1 N–H and O–H groups in total. The Balaban J connectivity index is 1.92. The van der Waals surface area contributed by atoms with E-state index in [1.807, 2.05) is 6.92 Å². The van der Waals surface area contributed by atoms with Crippen LogP contribution in [-0.4, -0.2) is 32.5 Å². The fourth-order valence-corrected chi connectivity index (χ4v) is 2.58. The zero-order valence-electron chi connectivity index (χ0n) is 15.3. The third-order valence-electron chi connectivity index (χ3n) is 4.02. The van der Waals surface area contributed by atoms with Gasteiger partial charge in [-0.15, -0.1) is 0 Å². The van der Waals surface area contributed by atoms with Crippen molar-refractivity contribution in [2.75, 3.05) is 12.4 Å². The Bertz CT molecular complexity index is 1030. The molecule has 0 atom stereocenters. The van der Waals surface area contributed by atoms with Gasteiger partial charge in [0, 0.05) is 24.7 Å². The van der Waals surface area contributed by atoms with E-state index in [0.717, 1.165) is 5.69 Å². The maximum atomic E-state index is 12.9. The number of methoxy groups -OCH3 is 1. The summed E-state index contributed by atoms with van der Waals surface area (Å²) in [6.45, 7) is 3.78. The van der Waals surface area contributed by atoms with Crippen molar-refractivity contribution in [3.05, 3.63) is 76.0 Å². The Hall–Kier alpha value is -3.55. The number of aryl methyl sites for hydroxylation is 2. The SMILES string of the molecule is COc1ccncc1NC(=O)c1c(C)ccn(Cc2cnc(C)cn2)c1=O. The highest BCUT2D eigenvalue weighted by Crippen LogP contribution is 2.22. The van der Waals surface area contributed by atoms with Crippen LogP contribution in [0.4, 0.5) is 5.69 Å². The molecule has 0 unspecified atom stereocenters. The number of aromatic nitrogens is 4. The van der Waals surface area contributed by atoms with Crippen LogP contribution >= 0.6 is 0 Å². The maximum Gasteiger partial charge on any atom is 0.264 e. The van der Waals surface area contributed by atoms with Crippen molar-refractivity contribution >= 4 is 11.6 Å². The lowest BCUT2D eigenvalue weighted by Gasteiger charge is -2.12. The molecule has 0 aromatic carbocycles. The first-order chi connectivity index (χ1) is 13.0. The van der Waals surface area contributed by atoms with Gasteiger partial charge in [-0.25, -0.2) is 0 Å². The van der Waals surface area contributed by atoms with E-state index in [0.29, 0.717) is 22.7 Å². The van der Waals surface area contributed by atoms with Gasteiger partial charge in [0.25, 0.3) is 11.5 Å². The highest BCUT2D eigenvalue weighted by Gasteiger charge is 2.18. The normalized spacial score (nSPS) is 10.5. The molecule has 27 heavy (non-hydrogen) atoms. The molecule has 138 valence electrons. The topological polar surface area (TPSA) is 99.0 Å². The molecule has 0 bridgehead atoms. The third kappa shape index (κ3) is 4.00. The largest absolute Gasteiger partial charge is 0.494 e. The highest BCUT2D eigenvalue weighted by atomic mass is 16.5. The van der Waals surface area contributed by atoms with Gasteiger partial charge >= 0.3 is 0 Å². The quantitative estimate of drug-likeness (QED) is 0.742. The van der Waals surface area contributed by atoms with Crippen molar-refractivity contribution in [2.45, 2.75) is 20.4 Å². The Labute approximate surface area is 155 Å². The second-order valence-corrected chi connectivity index (χ2v) is 5.99. The van der Waals surface area contributed by atoms with E-state index >= 15 is 0 Å². The summed E-state index contributed by atoms with van der Waals surface area (Å²) in [5, 5.41) is 2.69. The lowest BCUT2D eigenvalue weighted by atomic mass is 10.1. The second kappa shape index (κ2) is 7.77. The Morgan fingerprint density at radius 1 is 1.19 bits per heavy atom. The summed E-state index contributed by atoms with van der Waals surface area (Å²) < 4.78 is 6.63. The number of amides is 1. The number of carbonyl (C=O) groups excluding carboxylic acids is 1. The van der Waals surface area contributed by atoms with Crippen molar-refractivity contribution < 1.29 is 9.53 Å². The number of anilines is 1. The third-order valence-corrected chi connectivity index (χ3v) is 4.02. The van der Waals surface area contributed by atoms with Gasteiger partial charge in [-0.05, 0) is 25.5 Å². The molecule has 3 heterocycles. The van der Waals surface area contributed by atoms with Crippen molar-refractivity contribution in [2.24, 2.45) is 0 Å². The lowest BCUT2D eigenvalue weighted by Crippen LogP contribution is -2.30. The van der Waals surface area contributed by atoms with Crippen LogP contribution in [0.1, 0.15) is 27.3 Å². The molecular formula is C19H19N5O3. The summed E-state index contributed by atoms with van der Waals surface area (Å²) in [7, 11) is 1.49. The number of carbonyl (C=O) groups is 1. The van der Waals surface area contributed by atoms with Crippen LogP contribution in [-0.2, 0) is 6.54 Å². The van der Waals surface area contributed by atoms with Gasteiger partial charge < -0.3 is 14.6 Å². The first-order valence-corrected chi connectivity index (χ1v) is 8.26. The lowest BCUT2D eigenvalue weighted by molar-refractivity contribution is 0.102. The monoisotopic (exact) mass is 365 g/mol. The molecule has 0 aliphatic rings. The number of ether oxygens (including phenoxy) is 1. The number of pyridine rings is 2. The van der Waals surface area contributed by atoms with Crippen LogP contribution in [0.2, 0.25) is 0 Å². The number of hydrogen-bond acceptors (Lipinski definition) is 6. The van der Waals surface area contributed by atoms with Crippen LogP contribution in [0.5, 0.6) is 5.75 Å². The number of nitrogens with zero attached hydrogens (tertiary/aromatic N) is 4. The fraction of sp³-hybridized carbons (Fsp3) is 0.211. The highest BCUT2D eigenvalue weighted by molar-refractivity contribution is 6.05. The average Bonchev–Trinajstić information content (AvgIpc) is 2.66. The summed E-state index contributed by atoms with van der Waals surface area (Å²) in [6, 6.07) is 3.35. The van der Waals surface area contributed by atoms with Crippen molar-refractivity contribution in [3.8, 4) is 5.75 Å². The number of hydrogen-bond donors (Lipinski definition) is 1. The minimum absolute atomic E-state index is 0.0588. The molecule has 3 aromatic rings. The van der Waals surface area contributed by atoms with Crippen molar-refractivity contribution in [3.63, 3.8) is 0 Å². The predicted octanol–water partition coefficient (Wildman–Crippen LogP) is 1.96. The van der Waals surface area contributed by atoms with Gasteiger partial charge in [-0.3, -0.25) is 24.5 Å². The molecule has 0 spiro atoms. The smallest absolute Gasteiger partial charge is 0.264 e. The van der Waals surface area contributed by atoms with Crippen LogP contribution in [0.3, 0.4) is 0 Å². The van der Waals surface area contributed by atoms with E-state index in [4.69, 9.17) is 4.74 Å². The van der Waals surface area contributed by atoms with Gasteiger partial charge in [0.1, 0.15) is 17.0 Å². The molecule has 0 aliphatic carbocycles. The molecule has 8 heteroatoms. The average molecular weight is 365 g/mol. The zero-order valence-corrected chi connectivity index (χ0v) is 15.3. The van der Waals surface area contributed by atoms with Crippen molar-refractivity contribution in [1.82, 2.24) is 19.5 Å². The van der Waals surface area contributed by atoms with Gasteiger partial charge in [0.15, 0.2) is 0 Å². The molecule has 1 amide bonds. The first kappa shape index (κ1) is 18.2. The first-order valence-electron chi connectivity index (χ1n) is 8.26. The molecular weight excluding hydrogens is 346 g/mol. The van der Waals surface area contributed by atoms with Crippen LogP contribution in [0.15, 0.2) is 47.9 Å². The van der Waals surface area contributed by atoms with Gasteiger partial charge in [0.05, 0.1) is 37.4 Å². The van der Waals surface area contributed by atoms with E-state index in [-0.39, 0.29) is 12.1 Å².